The molecule has 3 aliphatic rings. The fourth-order valence-electron chi connectivity index (χ4n) is 6.81. The van der Waals surface area contributed by atoms with Crippen LogP contribution < -0.4 is 9.64 Å². The summed E-state index contributed by atoms with van der Waals surface area (Å²) >= 11 is 0. The Kier molecular flexibility index (Phi) is 8.35. The second kappa shape index (κ2) is 12.0. The molecule has 0 bridgehead atoms. The Balaban J connectivity index is 1.40. The van der Waals surface area contributed by atoms with Crippen LogP contribution in [0.3, 0.4) is 0 Å². The van der Waals surface area contributed by atoms with Crippen molar-refractivity contribution in [2.75, 3.05) is 25.1 Å². The van der Waals surface area contributed by atoms with Crippen LogP contribution in [0.25, 0.3) is 11.1 Å². The summed E-state index contributed by atoms with van der Waals surface area (Å²) in [6.07, 6.45) is -6.74. The van der Waals surface area contributed by atoms with E-state index in [1.54, 1.807) is 14.0 Å². The summed E-state index contributed by atoms with van der Waals surface area (Å²) in [7, 11) is 1.58. The quantitative estimate of drug-likeness (QED) is 0.240. The van der Waals surface area contributed by atoms with Crippen molar-refractivity contribution >= 4 is 11.9 Å². The van der Waals surface area contributed by atoms with Gasteiger partial charge in [0.25, 0.3) is 0 Å². The van der Waals surface area contributed by atoms with Gasteiger partial charge >= 0.3 is 18.4 Å². The van der Waals surface area contributed by atoms with Gasteiger partial charge in [0.15, 0.2) is 0 Å². The average Bonchev–Trinajstić information content (AvgIpc) is 3.60. The number of hydrogen-bond donors (Lipinski definition) is 0. The first-order chi connectivity index (χ1) is 21.7. The number of alkyl halides is 6. The first-order valence-electron chi connectivity index (χ1n) is 15.4. The van der Waals surface area contributed by atoms with E-state index in [-0.39, 0.29) is 18.2 Å². The molecule has 0 radical (unpaired) electrons. The topological polar surface area (TPSA) is 54.9 Å². The number of nitrogens with zero attached hydrogens (tertiary/aromatic N) is 3. The molecular weight excluding hydrogens is 612 g/mol. The molecule has 6 rings (SSSR count). The number of benzene rings is 2. The van der Waals surface area contributed by atoms with Gasteiger partial charge < -0.3 is 14.4 Å². The normalized spacial score (nSPS) is 20.7. The third-order valence-corrected chi connectivity index (χ3v) is 9.43. The number of aryl methyl sites for hydroxylation is 1. The monoisotopic (exact) mass is 647 g/mol. The van der Waals surface area contributed by atoms with Crippen LogP contribution in [0.1, 0.15) is 84.6 Å². The highest BCUT2D eigenvalue weighted by molar-refractivity contribution is 5.78. The molecule has 2 aromatic carbocycles. The third-order valence-electron chi connectivity index (χ3n) is 9.43. The number of methoxy groups -OCH3 is 1. The maximum atomic E-state index is 13.6. The highest BCUT2D eigenvalue weighted by Crippen LogP contribution is 2.44. The Morgan fingerprint density at radius 1 is 0.913 bits per heavy atom. The molecule has 1 amide bonds. The Morgan fingerprint density at radius 2 is 1.57 bits per heavy atom. The van der Waals surface area contributed by atoms with Crippen LogP contribution in [-0.4, -0.2) is 42.2 Å². The summed E-state index contributed by atoms with van der Waals surface area (Å²) in [6.45, 7) is 5.09. The smallest absolute Gasteiger partial charge is 0.416 e. The molecule has 246 valence electrons. The molecule has 3 heterocycles. The number of carbonyl (C=O) groups is 1. The Morgan fingerprint density at radius 3 is 2.13 bits per heavy atom. The van der Waals surface area contributed by atoms with Crippen LogP contribution in [0.5, 0.6) is 5.75 Å². The number of carbonyl (C=O) groups excluding carboxylic acids is 1. The molecule has 46 heavy (non-hydrogen) atoms. The van der Waals surface area contributed by atoms with Gasteiger partial charge in [0.1, 0.15) is 17.7 Å². The lowest BCUT2D eigenvalue weighted by Crippen LogP contribution is -2.38. The van der Waals surface area contributed by atoms with Crippen LogP contribution in [0.4, 0.5) is 37.0 Å². The summed E-state index contributed by atoms with van der Waals surface area (Å²) in [6, 6.07) is 8.52. The lowest BCUT2D eigenvalue weighted by Gasteiger charge is -2.33. The molecule has 1 aliphatic carbocycles. The Hall–Kier alpha value is -3.96. The van der Waals surface area contributed by atoms with E-state index < -0.39 is 41.7 Å². The fourth-order valence-corrected chi connectivity index (χ4v) is 6.81. The highest BCUT2D eigenvalue weighted by Gasteiger charge is 2.44. The molecule has 3 aromatic rings. The molecular formula is C34H35F6N3O3. The second-order valence-electron chi connectivity index (χ2n) is 12.4. The van der Waals surface area contributed by atoms with E-state index in [1.165, 1.54) is 10.5 Å². The summed E-state index contributed by atoms with van der Waals surface area (Å²) in [5.41, 5.74) is 0.894. The molecule has 2 aliphatic heterocycles. The standard InChI is InChI=1S/C34H35F6N3O3/c1-19-13-29(42-11-6-12-42)41-27(30(19)26-16-22(9-10-28(26)45-3)21-7-4-5-8-21)18-43-20(2)31(46-32(43)44)23-14-24(33(35,36)37)17-25(15-23)34(38,39)40/h9-10,13-17,20-21,31H,4-8,11-12,18H2,1-3H3. The number of cyclic esters (lactones) is 1. The van der Waals surface area contributed by atoms with Gasteiger partial charge in [0.2, 0.25) is 0 Å². The van der Waals surface area contributed by atoms with Crippen molar-refractivity contribution in [2.45, 2.75) is 82.9 Å². The van der Waals surface area contributed by atoms with Crippen LogP contribution in [0.15, 0.2) is 42.5 Å². The largest absolute Gasteiger partial charge is 0.496 e. The van der Waals surface area contributed by atoms with E-state index in [2.05, 4.69) is 17.0 Å². The van der Waals surface area contributed by atoms with Crippen LogP contribution in [-0.2, 0) is 23.6 Å². The number of pyridine rings is 1. The van der Waals surface area contributed by atoms with E-state index in [4.69, 9.17) is 14.5 Å². The van der Waals surface area contributed by atoms with Crippen LogP contribution in [0, 0.1) is 6.92 Å². The number of hydrogen-bond acceptors (Lipinski definition) is 5. The molecule has 1 saturated carbocycles. The predicted molar refractivity (Wildman–Crippen MR) is 160 cm³/mol. The van der Waals surface area contributed by atoms with Gasteiger partial charge in [-0.2, -0.15) is 26.3 Å². The molecule has 2 atom stereocenters. The van der Waals surface area contributed by atoms with Gasteiger partial charge in [-0.05, 0) is 92.1 Å². The predicted octanol–water partition coefficient (Wildman–Crippen LogP) is 9.05. The fraction of sp³-hybridized carbons (Fsp3) is 0.471. The molecule has 0 N–H and O–H groups in total. The van der Waals surface area contributed by atoms with Crippen molar-refractivity contribution in [3.63, 3.8) is 0 Å². The van der Waals surface area contributed by atoms with E-state index in [1.807, 2.05) is 19.1 Å². The number of amides is 1. The number of rotatable bonds is 7. The van der Waals surface area contributed by atoms with Gasteiger partial charge in [-0.15, -0.1) is 0 Å². The maximum Gasteiger partial charge on any atom is 0.416 e. The van der Waals surface area contributed by atoms with Crippen molar-refractivity contribution in [2.24, 2.45) is 0 Å². The lowest BCUT2D eigenvalue weighted by molar-refractivity contribution is -0.143. The van der Waals surface area contributed by atoms with E-state index in [0.29, 0.717) is 29.5 Å². The number of aromatic nitrogens is 1. The summed E-state index contributed by atoms with van der Waals surface area (Å²) in [5.74, 6) is 1.78. The number of ether oxygens (including phenoxy) is 2. The van der Waals surface area contributed by atoms with Crippen LogP contribution in [0.2, 0.25) is 0 Å². The van der Waals surface area contributed by atoms with E-state index in [9.17, 15) is 31.1 Å². The van der Waals surface area contributed by atoms with Crippen molar-refractivity contribution in [1.82, 2.24) is 9.88 Å². The van der Waals surface area contributed by atoms with Gasteiger partial charge in [-0.1, -0.05) is 18.9 Å². The molecule has 6 nitrogen and oxygen atoms in total. The zero-order chi connectivity index (χ0) is 33.0. The Bertz CT molecular complexity index is 1600. The van der Waals surface area contributed by atoms with Gasteiger partial charge in [-0.3, -0.25) is 4.90 Å². The molecule has 2 unspecified atom stereocenters. The summed E-state index contributed by atoms with van der Waals surface area (Å²) in [5, 5.41) is 0. The number of anilines is 1. The van der Waals surface area contributed by atoms with Crippen molar-refractivity contribution in [3.8, 4) is 16.9 Å². The van der Waals surface area contributed by atoms with E-state index in [0.717, 1.165) is 67.7 Å². The number of halogens is 6. The molecule has 1 aromatic heterocycles. The maximum absolute atomic E-state index is 13.6. The van der Waals surface area contributed by atoms with Crippen molar-refractivity contribution in [1.29, 1.82) is 0 Å². The van der Waals surface area contributed by atoms with Crippen molar-refractivity contribution < 1.29 is 40.6 Å². The van der Waals surface area contributed by atoms with Gasteiger partial charge in [-0.25, -0.2) is 9.78 Å². The minimum Gasteiger partial charge on any atom is -0.496 e. The molecule has 0 spiro atoms. The van der Waals surface area contributed by atoms with Crippen LogP contribution >= 0.6 is 0 Å². The SMILES string of the molecule is COc1ccc(C2CCCC2)cc1-c1c(C)cc(N2CCC2)nc1CN1C(=O)OC(c2cc(C(F)(F)F)cc(C(F)(F)F)c2)C1C. The van der Waals surface area contributed by atoms with Crippen molar-refractivity contribution in [3.05, 3.63) is 76.0 Å². The first kappa shape index (κ1) is 32.0. The Labute approximate surface area is 263 Å². The molecule has 2 saturated heterocycles. The lowest BCUT2D eigenvalue weighted by atomic mass is 9.90. The minimum absolute atomic E-state index is 0.0655. The summed E-state index contributed by atoms with van der Waals surface area (Å²) < 4.78 is 93.0. The van der Waals surface area contributed by atoms with Gasteiger partial charge in [0.05, 0.1) is 36.5 Å². The second-order valence-corrected chi connectivity index (χ2v) is 12.4. The van der Waals surface area contributed by atoms with Gasteiger partial charge in [0, 0.05) is 24.2 Å². The average molecular weight is 648 g/mol. The third kappa shape index (κ3) is 6.10. The molecule has 12 heteroatoms. The minimum atomic E-state index is -5.03. The molecule has 3 fully saturated rings. The zero-order valence-corrected chi connectivity index (χ0v) is 25.8. The highest BCUT2D eigenvalue weighted by atomic mass is 19.4. The summed E-state index contributed by atoms with van der Waals surface area (Å²) in [4.78, 5) is 21.7. The van der Waals surface area contributed by atoms with E-state index >= 15 is 0 Å². The first-order valence-corrected chi connectivity index (χ1v) is 15.4. The zero-order valence-electron chi connectivity index (χ0n) is 25.8.